The van der Waals surface area contributed by atoms with Gasteiger partial charge in [0.2, 0.25) is 0 Å². The highest BCUT2D eigenvalue weighted by molar-refractivity contribution is 5.99. The molecule has 20 heavy (non-hydrogen) atoms. The first-order valence-corrected chi connectivity index (χ1v) is 7.00. The molecule has 2 rings (SSSR count). The Bertz CT molecular complexity index is 569. The van der Waals surface area contributed by atoms with E-state index >= 15 is 0 Å². The number of rotatable bonds is 5. The molecule has 0 heterocycles. The lowest BCUT2D eigenvalue weighted by Gasteiger charge is -2.18. The molecule has 2 aromatic rings. The molecule has 2 heteroatoms. The monoisotopic (exact) mass is 267 g/mol. The molecule has 0 saturated heterocycles. The molecule has 0 aliphatic carbocycles. The van der Waals surface area contributed by atoms with Crippen molar-refractivity contribution in [2.75, 3.05) is 18.5 Å². The van der Waals surface area contributed by atoms with Crippen LogP contribution in [0, 0.1) is 6.92 Å². The first-order valence-electron chi connectivity index (χ1n) is 7.00. The standard InChI is InChI=1S/C18H21NO/c1-4-15-7-9-16(10-8-15)18(20)13-19(3)17-11-5-14(2)6-12-17/h5-12H,4,13H2,1-3H3. The van der Waals surface area contributed by atoms with Crippen LogP contribution in [0.1, 0.15) is 28.4 Å². The molecule has 0 N–H and O–H groups in total. The van der Waals surface area contributed by atoms with Gasteiger partial charge < -0.3 is 4.90 Å². The lowest BCUT2D eigenvalue weighted by atomic mass is 10.1. The van der Waals surface area contributed by atoms with E-state index in [4.69, 9.17) is 0 Å². The van der Waals surface area contributed by atoms with Crippen molar-refractivity contribution < 1.29 is 4.79 Å². The molecule has 0 amide bonds. The van der Waals surface area contributed by atoms with Crippen LogP contribution in [0.2, 0.25) is 0 Å². The number of ketones is 1. The molecule has 2 nitrogen and oxygen atoms in total. The molecule has 104 valence electrons. The molecular formula is C18H21NO. The largest absolute Gasteiger partial charge is 0.367 e. The molecule has 0 spiro atoms. The van der Waals surface area contributed by atoms with Gasteiger partial charge in [-0.15, -0.1) is 0 Å². The fourth-order valence-electron chi connectivity index (χ4n) is 2.12. The Labute approximate surface area is 121 Å². The number of likely N-dealkylation sites (N-methyl/N-ethyl adjacent to an activating group) is 1. The molecule has 0 unspecified atom stereocenters. The van der Waals surface area contributed by atoms with E-state index in [1.54, 1.807) is 0 Å². The Kier molecular flexibility index (Phi) is 4.57. The van der Waals surface area contributed by atoms with Gasteiger partial charge in [-0.05, 0) is 31.0 Å². The quantitative estimate of drug-likeness (QED) is 0.766. The second-order valence-electron chi connectivity index (χ2n) is 5.17. The Morgan fingerprint density at radius 1 is 1.00 bits per heavy atom. The number of Topliss-reactive ketones (excluding diaryl/α,β-unsaturated/α-hetero) is 1. The predicted molar refractivity (Wildman–Crippen MR) is 84.6 cm³/mol. The van der Waals surface area contributed by atoms with E-state index < -0.39 is 0 Å². The smallest absolute Gasteiger partial charge is 0.182 e. The summed E-state index contributed by atoms with van der Waals surface area (Å²) in [7, 11) is 1.95. The number of anilines is 1. The molecule has 0 aliphatic rings. The maximum atomic E-state index is 12.3. The van der Waals surface area contributed by atoms with E-state index in [2.05, 4.69) is 26.0 Å². The van der Waals surface area contributed by atoms with Gasteiger partial charge in [-0.1, -0.05) is 48.9 Å². The van der Waals surface area contributed by atoms with E-state index in [-0.39, 0.29) is 5.78 Å². The highest BCUT2D eigenvalue weighted by Gasteiger charge is 2.09. The third kappa shape index (κ3) is 3.47. The van der Waals surface area contributed by atoms with Crippen LogP contribution in [-0.4, -0.2) is 19.4 Å². The maximum absolute atomic E-state index is 12.3. The molecule has 0 bridgehead atoms. The van der Waals surface area contributed by atoms with Crippen molar-refractivity contribution in [1.29, 1.82) is 0 Å². The van der Waals surface area contributed by atoms with Gasteiger partial charge in [-0.25, -0.2) is 0 Å². The number of hydrogen-bond acceptors (Lipinski definition) is 2. The summed E-state index contributed by atoms with van der Waals surface area (Å²) in [6, 6.07) is 16.1. The SMILES string of the molecule is CCc1ccc(C(=O)CN(C)c2ccc(C)cc2)cc1. The van der Waals surface area contributed by atoms with Crippen molar-refractivity contribution in [3.05, 3.63) is 65.2 Å². The summed E-state index contributed by atoms with van der Waals surface area (Å²) < 4.78 is 0. The Hall–Kier alpha value is -2.09. The molecule has 0 saturated carbocycles. The second-order valence-corrected chi connectivity index (χ2v) is 5.17. The summed E-state index contributed by atoms with van der Waals surface area (Å²) in [5, 5.41) is 0. The van der Waals surface area contributed by atoms with Crippen molar-refractivity contribution in [2.24, 2.45) is 0 Å². The van der Waals surface area contributed by atoms with Crippen LogP contribution >= 0.6 is 0 Å². The number of carbonyl (C=O) groups is 1. The van der Waals surface area contributed by atoms with Gasteiger partial charge in [-0.3, -0.25) is 4.79 Å². The van der Waals surface area contributed by atoms with Crippen LogP contribution in [0.5, 0.6) is 0 Å². The first-order chi connectivity index (χ1) is 9.60. The molecule has 2 aromatic carbocycles. The summed E-state index contributed by atoms with van der Waals surface area (Å²) >= 11 is 0. The molecule has 0 radical (unpaired) electrons. The second kappa shape index (κ2) is 6.38. The van der Waals surface area contributed by atoms with Crippen LogP contribution < -0.4 is 4.90 Å². The van der Waals surface area contributed by atoms with Gasteiger partial charge in [0.25, 0.3) is 0 Å². The van der Waals surface area contributed by atoms with E-state index in [9.17, 15) is 4.79 Å². The van der Waals surface area contributed by atoms with Gasteiger partial charge in [0.1, 0.15) is 0 Å². The average Bonchev–Trinajstić information content (AvgIpc) is 2.48. The number of nitrogens with zero attached hydrogens (tertiary/aromatic N) is 1. The summed E-state index contributed by atoms with van der Waals surface area (Å²) in [6.07, 6.45) is 0.998. The molecule has 0 aromatic heterocycles. The van der Waals surface area contributed by atoms with Gasteiger partial charge in [0.15, 0.2) is 5.78 Å². The predicted octanol–water partition coefficient (Wildman–Crippen LogP) is 3.88. The Morgan fingerprint density at radius 2 is 1.60 bits per heavy atom. The molecule has 0 atom stereocenters. The van der Waals surface area contributed by atoms with Crippen molar-refractivity contribution in [1.82, 2.24) is 0 Å². The third-order valence-corrected chi connectivity index (χ3v) is 3.54. The molecular weight excluding hydrogens is 246 g/mol. The Balaban J connectivity index is 2.04. The average molecular weight is 267 g/mol. The van der Waals surface area contributed by atoms with E-state index in [1.807, 2.05) is 48.3 Å². The fraction of sp³-hybridized carbons (Fsp3) is 0.278. The van der Waals surface area contributed by atoms with Crippen LogP contribution in [0.15, 0.2) is 48.5 Å². The summed E-state index contributed by atoms with van der Waals surface area (Å²) in [5.41, 5.74) is 4.33. The summed E-state index contributed by atoms with van der Waals surface area (Å²) in [6.45, 7) is 4.57. The minimum Gasteiger partial charge on any atom is -0.367 e. The zero-order valence-corrected chi connectivity index (χ0v) is 12.4. The van der Waals surface area contributed by atoms with Crippen molar-refractivity contribution in [2.45, 2.75) is 20.3 Å². The van der Waals surface area contributed by atoms with Crippen LogP contribution in [0.4, 0.5) is 5.69 Å². The van der Waals surface area contributed by atoms with Gasteiger partial charge in [0.05, 0.1) is 6.54 Å². The Morgan fingerprint density at radius 3 is 2.15 bits per heavy atom. The van der Waals surface area contributed by atoms with E-state index in [0.717, 1.165) is 17.7 Å². The minimum atomic E-state index is 0.149. The van der Waals surface area contributed by atoms with Crippen molar-refractivity contribution >= 4 is 11.5 Å². The highest BCUT2D eigenvalue weighted by Crippen LogP contribution is 2.14. The number of hydrogen-bond donors (Lipinski definition) is 0. The number of benzene rings is 2. The first kappa shape index (κ1) is 14.3. The van der Waals surface area contributed by atoms with E-state index in [1.165, 1.54) is 11.1 Å². The third-order valence-electron chi connectivity index (χ3n) is 3.54. The highest BCUT2D eigenvalue weighted by atomic mass is 16.1. The lowest BCUT2D eigenvalue weighted by Crippen LogP contribution is -2.25. The van der Waals surface area contributed by atoms with E-state index in [0.29, 0.717) is 6.54 Å². The summed E-state index contributed by atoms with van der Waals surface area (Å²) in [4.78, 5) is 14.2. The van der Waals surface area contributed by atoms with Crippen LogP contribution in [0.25, 0.3) is 0 Å². The normalized spacial score (nSPS) is 10.3. The van der Waals surface area contributed by atoms with Crippen LogP contribution in [-0.2, 0) is 6.42 Å². The van der Waals surface area contributed by atoms with Crippen molar-refractivity contribution in [3.63, 3.8) is 0 Å². The summed E-state index contributed by atoms with van der Waals surface area (Å²) in [5.74, 6) is 0.149. The van der Waals surface area contributed by atoms with Gasteiger partial charge >= 0.3 is 0 Å². The number of aryl methyl sites for hydroxylation is 2. The van der Waals surface area contributed by atoms with Crippen LogP contribution in [0.3, 0.4) is 0 Å². The fourth-order valence-corrected chi connectivity index (χ4v) is 2.12. The lowest BCUT2D eigenvalue weighted by molar-refractivity contribution is 0.100. The zero-order valence-electron chi connectivity index (χ0n) is 12.4. The zero-order chi connectivity index (χ0) is 14.5. The minimum absolute atomic E-state index is 0.149. The number of carbonyl (C=O) groups excluding carboxylic acids is 1. The van der Waals surface area contributed by atoms with Gasteiger partial charge in [0, 0.05) is 18.3 Å². The topological polar surface area (TPSA) is 20.3 Å². The molecule has 0 fully saturated rings. The van der Waals surface area contributed by atoms with Crippen molar-refractivity contribution in [3.8, 4) is 0 Å². The molecule has 0 aliphatic heterocycles. The maximum Gasteiger partial charge on any atom is 0.182 e. The van der Waals surface area contributed by atoms with Gasteiger partial charge in [-0.2, -0.15) is 0 Å².